The normalized spacial score (nSPS) is 11.2. The molecule has 2 N–H and O–H groups in total. The zero-order chi connectivity index (χ0) is 19.0. The number of nitrogens with one attached hydrogen (secondary N) is 2. The molecule has 0 aliphatic rings. The summed E-state index contributed by atoms with van der Waals surface area (Å²) in [5.74, 6) is -0.184. The van der Waals surface area contributed by atoms with E-state index in [1.165, 1.54) is 0 Å². The Morgan fingerprint density at radius 3 is 2.89 bits per heavy atom. The third-order valence-electron chi connectivity index (χ3n) is 4.67. The zero-order valence-corrected chi connectivity index (χ0v) is 15.5. The second-order valence-electron chi connectivity index (χ2n) is 6.54. The van der Waals surface area contributed by atoms with E-state index in [4.69, 9.17) is 0 Å². The first-order valence-corrected chi connectivity index (χ1v) is 8.79. The van der Waals surface area contributed by atoms with Crippen molar-refractivity contribution in [3.05, 3.63) is 59.4 Å². The van der Waals surface area contributed by atoms with Crippen LogP contribution in [0.5, 0.6) is 0 Å². The molecule has 4 aromatic rings. The van der Waals surface area contributed by atoms with Crippen molar-refractivity contribution in [1.29, 1.82) is 0 Å². The summed E-state index contributed by atoms with van der Waals surface area (Å²) < 4.78 is 3.78. The van der Waals surface area contributed by atoms with Crippen LogP contribution in [0.25, 0.3) is 16.9 Å². The van der Waals surface area contributed by atoms with Gasteiger partial charge in [0.2, 0.25) is 0 Å². The van der Waals surface area contributed by atoms with Crippen molar-refractivity contribution in [3.63, 3.8) is 0 Å². The molecule has 0 aliphatic carbocycles. The van der Waals surface area contributed by atoms with Gasteiger partial charge in [-0.1, -0.05) is 6.07 Å². The fraction of sp³-hybridized carbons (Fsp3) is 0.263. The Labute approximate surface area is 156 Å². The quantitative estimate of drug-likeness (QED) is 0.567. The summed E-state index contributed by atoms with van der Waals surface area (Å²) in [5.41, 5.74) is 5.86. The van der Waals surface area contributed by atoms with E-state index in [2.05, 4.69) is 25.6 Å². The second kappa shape index (κ2) is 6.71. The number of hydrogen-bond donors (Lipinski definition) is 2. The lowest BCUT2D eigenvalue weighted by Crippen LogP contribution is -2.26. The number of H-pyrrole nitrogens is 1. The van der Waals surface area contributed by atoms with Gasteiger partial charge in [-0.15, -0.1) is 0 Å². The molecule has 8 heteroatoms. The first-order valence-electron chi connectivity index (χ1n) is 8.79. The fourth-order valence-electron chi connectivity index (χ4n) is 3.22. The Kier molecular flexibility index (Phi) is 4.23. The molecule has 0 spiro atoms. The van der Waals surface area contributed by atoms with Gasteiger partial charge in [-0.2, -0.15) is 10.2 Å². The predicted octanol–water partition coefficient (Wildman–Crippen LogP) is 2.05. The number of rotatable bonds is 5. The summed E-state index contributed by atoms with van der Waals surface area (Å²) in [6, 6.07) is 7.63. The van der Waals surface area contributed by atoms with Gasteiger partial charge in [0.1, 0.15) is 11.3 Å². The smallest absolute Gasteiger partial charge is 0.269 e. The third kappa shape index (κ3) is 3.21. The second-order valence-corrected chi connectivity index (χ2v) is 6.54. The topological polar surface area (TPSA) is 92.9 Å². The molecule has 1 amide bonds. The van der Waals surface area contributed by atoms with E-state index >= 15 is 0 Å². The van der Waals surface area contributed by atoms with Crippen molar-refractivity contribution in [2.45, 2.75) is 20.3 Å². The number of aromatic nitrogens is 6. The molecule has 0 unspecified atom stereocenters. The SMILES string of the molecule is Cc1nn(C)c(C)c1-c1cc(C(=O)NCCc2cn3ccccc3n2)[nH]n1. The van der Waals surface area contributed by atoms with Crippen molar-refractivity contribution in [3.8, 4) is 11.3 Å². The lowest BCUT2D eigenvalue weighted by Gasteiger charge is -2.01. The maximum absolute atomic E-state index is 12.4. The molecule has 0 saturated carbocycles. The lowest BCUT2D eigenvalue weighted by molar-refractivity contribution is 0.0949. The maximum atomic E-state index is 12.4. The molecule has 0 aliphatic heterocycles. The lowest BCUT2D eigenvalue weighted by atomic mass is 10.1. The van der Waals surface area contributed by atoms with E-state index < -0.39 is 0 Å². The average Bonchev–Trinajstić information content (AvgIpc) is 3.33. The largest absolute Gasteiger partial charge is 0.350 e. The molecule has 0 bridgehead atoms. The van der Waals surface area contributed by atoms with E-state index in [1.807, 2.05) is 60.6 Å². The first kappa shape index (κ1) is 17.0. The maximum Gasteiger partial charge on any atom is 0.269 e. The van der Waals surface area contributed by atoms with Gasteiger partial charge >= 0.3 is 0 Å². The average molecular weight is 363 g/mol. The molecule has 0 atom stereocenters. The number of imidazole rings is 1. The molecule has 27 heavy (non-hydrogen) atoms. The van der Waals surface area contributed by atoms with Crippen molar-refractivity contribution in [2.75, 3.05) is 6.54 Å². The van der Waals surface area contributed by atoms with Crippen LogP contribution in [0.1, 0.15) is 27.6 Å². The number of nitrogens with zero attached hydrogens (tertiary/aromatic N) is 5. The van der Waals surface area contributed by atoms with Gasteiger partial charge in [0.25, 0.3) is 5.91 Å². The molecule has 4 rings (SSSR count). The van der Waals surface area contributed by atoms with Crippen LogP contribution in [0.3, 0.4) is 0 Å². The van der Waals surface area contributed by atoms with Crippen LogP contribution in [-0.4, -0.2) is 41.8 Å². The molecule has 8 nitrogen and oxygen atoms in total. The fourth-order valence-corrected chi connectivity index (χ4v) is 3.22. The van der Waals surface area contributed by atoms with Crippen molar-refractivity contribution in [2.24, 2.45) is 7.05 Å². The van der Waals surface area contributed by atoms with Crippen LogP contribution in [0.15, 0.2) is 36.7 Å². The molecule has 0 saturated heterocycles. The van der Waals surface area contributed by atoms with Gasteiger partial charge in [0, 0.05) is 43.7 Å². The minimum absolute atomic E-state index is 0.184. The van der Waals surface area contributed by atoms with Gasteiger partial charge in [0.15, 0.2) is 0 Å². The molecule has 0 radical (unpaired) electrons. The highest BCUT2D eigenvalue weighted by Gasteiger charge is 2.17. The predicted molar refractivity (Wildman–Crippen MR) is 101 cm³/mol. The Bertz CT molecular complexity index is 1090. The minimum atomic E-state index is -0.184. The van der Waals surface area contributed by atoms with Crippen LogP contribution < -0.4 is 5.32 Å². The number of fused-ring (bicyclic) bond motifs is 1. The molecule has 0 fully saturated rings. The highest BCUT2D eigenvalue weighted by atomic mass is 16.1. The summed E-state index contributed by atoms with van der Waals surface area (Å²) in [4.78, 5) is 16.9. The van der Waals surface area contributed by atoms with Gasteiger partial charge in [0.05, 0.1) is 17.1 Å². The third-order valence-corrected chi connectivity index (χ3v) is 4.67. The summed E-state index contributed by atoms with van der Waals surface area (Å²) in [7, 11) is 1.89. The Morgan fingerprint density at radius 2 is 2.15 bits per heavy atom. The zero-order valence-electron chi connectivity index (χ0n) is 15.5. The van der Waals surface area contributed by atoms with Crippen LogP contribution in [0.4, 0.5) is 0 Å². The number of aromatic amines is 1. The summed E-state index contributed by atoms with van der Waals surface area (Å²) in [6.45, 7) is 4.42. The van der Waals surface area contributed by atoms with Crippen molar-refractivity contribution < 1.29 is 4.79 Å². The highest BCUT2D eigenvalue weighted by Crippen LogP contribution is 2.25. The number of aryl methyl sites for hydroxylation is 2. The number of hydrogen-bond acceptors (Lipinski definition) is 4. The monoisotopic (exact) mass is 363 g/mol. The Hall–Kier alpha value is -3.42. The van der Waals surface area contributed by atoms with E-state index in [0.717, 1.165) is 34.0 Å². The van der Waals surface area contributed by atoms with E-state index in [0.29, 0.717) is 18.7 Å². The number of carbonyl (C=O) groups excluding carboxylic acids is 1. The van der Waals surface area contributed by atoms with Crippen molar-refractivity contribution >= 4 is 11.6 Å². The highest BCUT2D eigenvalue weighted by molar-refractivity contribution is 5.93. The summed E-state index contributed by atoms with van der Waals surface area (Å²) >= 11 is 0. The number of pyridine rings is 1. The van der Waals surface area contributed by atoms with E-state index in [9.17, 15) is 4.79 Å². The molecule has 4 heterocycles. The van der Waals surface area contributed by atoms with Gasteiger partial charge in [-0.05, 0) is 32.0 Å². The summed E-state index contributed by atoms with van der Waals surface area (Å²) in [5, 5.41) is 14.4. The Balaban J connectivity index is 1.41. The molecule has 4 aromatic heterocycles. The van der Waals surface area contributed by atoms with E-state index in [1.54, 1.807) is 6.07 Å². The van der Waals surface area contributed by atoms with Crippen LogP contribution in [-0.2, 0) is 13.5 Å². The molecule has 138 valence electrons. The van der Waals surface area contributed by atoms with Gasteiger partial charge in [-0.25, -0.2) is 4.98 Å². The first-order chi connectivity index (χ1) is 13.0. The Morgan fingerprint density at radius 1 is 1.30 bits per heavy atom. The molecular formula is C19H21N7O. The van der Waals surface area contributed by atoms with E-state index in [-0.39, 0.29) is 5.91 Å². The van der Waals surface area contributed by atoms with Gasteiger partial charge in [-0.3, -0.25) is 14.6 Å². The van der Waals surface area contributed by atoms with Crippen LogP contribution in [0.2, 0.25) is 0 Å². The minimum Gasteiger partial charge on any atom is -0.350 e. The summed E-state index contributed by atoms with van der Waals surface area (Å²) in [6.07, 6.45) is 4.60. The molecule has 0 aromatic carbocycles. The van der Waals surface area contributed by atoms with Crippen LogP contribution >= 0.6 is 0 Å². The molecular weight excluding hydrogens is 342 g/mol. The van der Waals surface area contributed by atoms with Crippen LogP contribution in [0, 0.1) is 13.8 Å². The number of carbonyl (C=O) groups is 1. The number of amides is 1. The van der Waals surface area contributed by atoms with Crippen molar-refractivity contribution in [1.82, 2.24) is 34.7 Å². The van der Waals surface area contributed by atoms with Gasteiger partial charge < -0.3 is 9.72 Å². The standard InChI is InChI=1S/C19H21N7O/c1-12-18(13(2)25(3)24-12)15-10-16(23-22-15)19(27)20-8-7-14-11-26-9-5-4-6-17(26)21-14/h4-6,9-11H,7-8H2,1-3H3,(H,20,27)(H,22,23).